The molecule has 82 valence electrons. The first-order valence-corrected chi connectivity index (χ1v) is 4.02. The zero-order chi connectivity index (χ0) is 11.1. The van der Waals surface area contributed by atoms with Gasteiger partial charge in [0.15, 0.2) is 13.3 Å². The molecule has 0 unspecified atom stereocenters. The smallest absolute Gasteiger partial charge is 0.337 e. The van der Waals surface area contributed by atoms with Gasteiger partial charge >= 0.3 is 11.9 Å². The average Bonchev–Trinajstić information content (AvgIpc) is 2.17. The lowest BCUT2D eigenvalue weighted by Gasteiger charge is -2.19. The van der Waals surface area contributed by atoms with Crippen LogP contribution >= 0.6 is 0 Å². The highest BCUT2D eigenvalue weighted by atomic mass is 19.1. The van der Waals surface area contributed by atoms with Gasteiger partial charge in [-0.05, 0) is 13.8 Å². The second-order valence-corrected chi connectivity index (χ2v) is 2.66. The summed E-state index contributed by atoms with van der Waals surface area (Å²) in [6, 6.07) is 0. The van der Waals surface area contributed by atoms with Crippen molar-refractivity contribution in [1.82, 2.24) is 0 Å². The molecule has 0 rings (SSSR count). The number of carbonyl (C=O) groups is 2. The fourth-order valence-corrected chi connectivity index (χ4v) is 0.669. The fourth-order valence-electron chi connectivity index (χ4n) is 0.669. The van der Waals surface area contributed by atoms with E-state index in [2.05, 4.69) is 9.47 Å². The first-order valence-electron chi connectivity index (χ1n) is 4.02. The van der Waals surface area contributed by atoms with Crippen LogP contribution in [0, 0.1) is 0 Å². The third-order valence-electron chi connectivity index (χ3n) is 1.51. The van der Waals surface area contributed by atoms with Crippen molar-refractivity contribution in [3.63, 3.8) is 0 Å². The lowest BCUT2D eigenvalue weighted by Crippen LogP contribution is -2.31. The largest absolute Gasteiger partial charge is 0.457 e. The van der Waals surface area contributed by atoms with Gasteiger partial charge in [-0.25, -0.2) is 18.4 Å². The summed E-state index contributed by atoms with van der Waals surface area (Å²) in [6.07, 6.45) is -1.59. The van der Waals surface area contributed by atoms with Crippen LogP contribution in [-0.2, 0) is 19.1 Å². The van der Waals surface area contributed by atoms with Crippen molar-refractivity contribution in [3.05, 3.63) is 0 Å². The monoisotopic (exact) mass is 210 g/mol. The van der Waals surface area contributed by atoms with E-state index in [4.69, 9.17) is 0 Å². The van der Waals surface area contributed by atoms with Gasteiger partial charge in [-0.1, -0.05) is 0 Å². The minimum Gasteiger partial charge on any atom is -0.457 e. The normalized spacial score (nSPS) is 14.3. The minimum absolute atomic E-state index is 0.797. The molecule has 0 heterocycles. The first kappa shape index (κ1) is 12.8. The van der Waals surface area contributed by atoms with Crippen LogP contribution in [0.25, 0.3) is 0 Å². The van der Waals surface area contributed by atoms with Crippen LogP contribution in [0.2, 0.25) is 0 Å². The zero-order valence-electron chi connectivity index (χ0n) is 7.96. The maximum atomic E-state index is 11.7. The number of esters is 2. The highest BCUT2D eigenvalue weighted by Crippen LogP contribution is 2.04. The van der Waals surface area contributed by atoms with Crippen LogP contribution in [0.1, 0.15) is 13.8 Å². The zero-order valence-corrected chi connectivity index (χ0v) is 7.96. The molecule has 0 aromatic carbocycles. The number of carbonyl (C=O) groups excluding carboxylic acids is 2. The van der Waals surface area contributed by atoms with Gasteiger partial charge in [-0.15, -0.1) is 0 Å². The Balaban J connectivity index is 3.92. The lowest BCUT2D eigenvalue weighted by molar-refractivity contribution is -0.166. The lowest BCUT2D eigenvalue weighted by atomic mass is 10.2. The maximum absolute atomic E-state index is 11.7. The standard InChI is InChI=1S/C8H12F2O4/c1-5(13-7(11)3-9)6(2)14-8(12)4-10/h5-6H,3-4H2,1-2H3/t5-,6-/m1/s1. The van der Waals surface area contributed by atoms with Gasteiger partial charge in [0.1, 0.15) is 12.2 Å². The van der Waals surface area contributed by atoms with Gasteiger partial charge in [0.05, 0.1) is 0 Å². The van der Waals surface area contributed by atoms with Crippen molar-refractivity contribution in [2.24, 2.45) is 0 Å². The molecule has 0 aromatic rings. The molecule has 0 N–H and O–H groups in total. The van der Waals surface area contributed by atoms with Crippen LogP contribution < -0.4 is 0 Å². The van der Waals surface area contributed by atoms with E-state index in [1.54, 1.807) is 0 Å². The van der Waals surface area contributed by atoms with Crippen molar-refractivity contribution >= 4 is 11.9 Å². The molecule has 0 aromatic heterocycles. The second-order valence-electron chi connectivity index (χ2n) is 2.66. The molecule has 0 spiro atoms. The van der Waals surface area contributed by atoms with Crippen molar-refractivity contribution in [1.29, 1.82) is 0 Å². The number of hydrogen-bond acceptors (Lipinski definition) is 4. The molecule has 6 heteroatoms. The maximum Gasteiger partial charge on any atom is 0.337 e. The van der Waals surface area contributed by atoms with E-state index in [-0.39, 0.29) is 0 Å². The molecule has 0 aliphatic rings. The molecule has 0 radical (unpaired) electrons. The quantitative estimate of drug-likeness (QED) is 0.629. The Bertz CT molecular complexity index is 186. The molecule has 4 nitrogen and oxygen atoms in total. The molecule has 0 amide bonds. The Morgan fingerprint density at radius 3 is 1.50 bits per heavy atom. The molecule has 0 aliphatic carbocycles. The third-order valence-corrected chi connectivity index (χ3v) is 1.51. The molecular weight excluding hydrogens is 198 g/mol. The van der Waals surface area contributed by atoms with Gasteiger partial charge in [0.25, 0.3) is 0 Å². The van der Waals surface area contributed by atoms with Gasteiger partial charge in [-0.3, -0.25) is 0 Å². The summed E-state index contributed by atoms with van der Waals surface area (Å²) in [4.78, 5) is 20.9. The van der Waals surface area contributed by atoms with Gasteiger partial charge in [0.2, 0.25) is 0 Å². The molecule has 14 heavy (non-hydrogen) atoms. The van der Waals surface area contributed by atoms with E-state index in [0.717, 1.165) is 0 Å². The topological polar surface area (TPSA) is 52.6 Å². The first-order chi connectivity index (χ1) is 6.51. The highest BCUT2D eigenvalue weighted by molar-refractivity contribution is 5.71. The summed E-state index contributed by atoms with van der Waals surface area (Å²) in [5, 5.41) is 0. The second kappa shape index (κ2) is 6.28. The van der Waals surface area contributed by atoms with Crippen LogP contribution in [-0.4, -0.2) is 37.5 Å². The Morgan fingerprint density at radius 2 is 1.29 bits per heavy atom. The summed E-state index contributed by atoms with van der Waals surface area (Å²) in [5.74, 6) is -2.08. The predicted octanol–water partition coefficient (Wildman–Crippen LogP) is 0.789. The van der Waals surface area contributed by atoms with Crippen molar-refractivity contribution in [2.75, 3.05) is 13.3 Å². The Hall–Kier alpha value is -1.20. The third kappa shape index (κ3) is 4.74. The fraction of sp³-hybridized carbons (Fsp3) is 0.750. The molecule has 0 bridgehead atoms. The van der Waals surface area contributed by atoms with Crippen LogP contribution in [0.3, 0.4) is 0 Å². The van der Waals surface area contributed by atoms with Gasteiger partial charge in [0, 0.05) is 0 Å². The van der Waals surface area contributed by atoms with Gasteiger partial charge in [-0.2, -0.15) is 0 Å². The molecule has 2 atom stereocenters. The van der Waals surface area contributed by atoms with E-state index in [1.807, 2.05) is 0 Å². The van der Waals surface area contributed by atoms with E-state index in [1.165, 1.54) is 13.8 Å². The Kier molecular flexibility index (Phi) is 5.74. The predicted molar refractivity (Wildman–Crippen MR) is 43.1 cm³/mol. The summed E-state index contributed by atoms with van der Waals surface area (Å²) in [5.41, 5.74) is 0. The summed E-state index contributed by atoms with van der Waals surface area (Å²) in [7, 11) is 0. The highest BCUT2D eigenvalue weighted by Gasteiger charge is 2.20. The Morgan fingerprint density at radius 1 is 1.00 bits per heavy atom. The summed E-state index contributed by atoms with van der Waals surface area (Å²) in [6.45, 7) is 0.357. The number of rotatable bonds is 5. The molecule has 0 aliphatic heterocycles. The van der Waals surface area contributed by atoms with E-state index in [9.17, 15) is 18.4 Å². The number of halogens is 2. The van der Waals surface area contributed by atoms with Crippen LogP contribution in [0.15, 0.2) is 0 Å². The van der Waals surface area contributed by atoms with E-state index >= 15 is 0 Å². The van der Waals surface area contributed by atoms with E-state index < -0.39 is 37.5 Å². The van der Waals surface area contributed by atoms with Crippen LogP contribution in [0.4, 0.5) is 8.78 Å². The molecule has 0 saturated carbocycles. The number of alkyl halides is 2. The SMILES string of the molecule is C[C@@H](OC(=O)CF)[C@@H](C)OC(=O)CF. The van der Waals surface area contributed by atoms with Gasteiger partial charge < -0.3 is 9.47 Å². The molecule has 0 saturated heterocycles. The van der Waals surface area contributed by atoms with Crippen molar-refractivity contribution in [3.8, 4) is 0 Å². The molecule has 0 fully saturated rings. The minimum atomic E-state index is -1.24. The molecular formula is C8H12F2O4. The Labute approximate surface area is 80.2 Å². The van der Waals surface area contributed by atoms with Crippen LogP contribution in [0.5, 0.6) is 0 Å². The summed E-state index contributed by atoms with van der Waals surface area (Å²) >= 11 is 0. The van der Waals surface area contributed by atoms with Crippen molar-refractivity contribution in [2.45, 2.75) is 26.1 Å². The summed E-state index contributed by atoms with van der Waals surface area (Å²) < 4.78 is 32.4. The van der Waals surface area contributed by atoms with E-state index in [0.29, 0.717) is 0 Å². The number of ether oxygens (including phenoxy) is 2. The van der Waals surface area contributed by atoms with Crippen molar-refractivity contribution < 1.29 is 27.8 Å². The average molecular weight is 210 g/mol. The number of hydrogen-bond donors (Lipinski definition) is 0.